The maximum absolute atomic E-state index is 12.6. The molecule has 0 saturated heterocycles. The maximum atomic E-state index is 12.6. The van der Waals surface area contributed by atoms with Crippen LogP contribution in [0.3, 0.4) is 0 Å². The van der Waals surface area contributed by atoms with Crippen LogP contribution in [0.4, 0.5) is 19.0 Å². The predicted molar refractivity (Wildman–Crippen MR) is 68.3 cm³/mol. The minimum absolute atomic E-state index is 0.00896. The molecule has 20 heavy (non-hydrogen) atoms. The highest BCUT2D eigenvalue weighted by atomic mass is 19.4. The molecule has 0 aliphatic heterocycles. The fourth-order valence-corrected chi connectivity index (χ4v) is 1.52. The Hall–Kier alpha value is -1.81. The van der Waals surface area contributed by atoms with Gasteiger partial charge in [-0.25, -0.2) is 4.98 Å². The van der Waals surface area contributed by atoms with E-state index in [2.05, 4.69) is 4.98 Å². The van der Waals surface area contributed by atoms with Crippen molar-refractivity contribution < 1.29 is 17.9 Å². The first-order valence-electron chi connectivity index (χ1n) is 6.06. The molecule has 0 aliphatic carbocycles. The lowest BCUT2D eigenvalue weighted by Gasteiger charge is -2.21. The number of halogens is 3. The molecule has 0 radical (unpaired) electrons. The van der Waals surface area contributed by atoms with Crippen molar-refractivity contribution in [1.29, 1.82) is 5.26 Å². The monoisotopic (exact) mass is 287 g/mol. The fraction of sp³-hybridized carbons (Fsp3) is 0.538. The second-order valence-electron chi connectivity index (χ2n) is 4.52. The Morgan fingerprint density at radius 1 is 1.40 bits per heavy atom. The second kappa shape index (κ2) is 6.57. The third-order valence-electron chi connectivity index (χ3n) is 2.53. The zero-order valence-corrected chi connectivity index (χ0v) is 11.5. The molecule has 1 aromatic heterocycles. The van der Waals surface area contributed by atoms with Crippen molar-refractivity contribution in [1.82, 2.24) is 4.98 Å². The number of likely N-dealkylation sites (N-methyl/N-ethyl adjacent to an activating group) is 1. The van der Waals surface area contributed by atoms with Crippen molar-refractivity contribution in [3.63, 3.8) is 0 Å². The molecule has 0 atom stereocenters. The molecule has 7 heteroatoms. The molecule has 0 spiro atoms. The van der Waals surface area contributed by atoms with E-state index < -0.39 is 11.9 Å². The van der Waals surface area contributed by atoms with Crippen molar-refractivity contribution in [2.75, 3.05) is 25.1 Å². The Morgan fingerprint density at radius 2 is 2.05 bits per heavy atom. The zero-order chi connectivity index (χ0) is 15.3. The molecule has 0 N–H and O–H groups in total. The summed E-state index contributed by atoms with van der Waals surface area (Å²) in [7, 11) is 1.58. The predicted octanol–water partition coefficient (Wildman–Crippen LogP) is 2.83. The molecule has 1 rings (SSSR count). The molecule has 1 heterocycles. The van der Waals surface area contributed by atoms with Gasteiger partial charge in [-0.1, -0.05) is 0 Å². The lowest BCUT2D eigenvalue weighted by atomic mass is 10.2. The van der Waals surface area contributed by atoms with Crippen molar-refractivity contribution in [2.45, 2.75) is 26.1 Å². The molecule has 0 bridgehead atoms. The van der Waals surface area contributed by atoms with Crippen LogP contribution in [-0.2, 0) is 10.9 Å². The average molecular weight is 287 g/mol. The quantitative estimate of drug-likeness (QED) is 0.835. The number of ether oxygens (including phenoxy) is 1. The van der Waals surface area contributed by atoms with Gasteiger partial charge in [-0.15, -0.1) is 0 Å². The number of pyridine rings is 1. The van der Waals surface area contributed by atoms with E-state index in [0.29, 0.717) is 13.2 Å². The van der Waals surface area contributed by atoms with E-state index in [1.165, 1.54) is 4.90 Å². The van der Waals surface area contributed by atoms with Crippen molar-refractivity contribution in [3.8, 4) is 6.07 Å². The lowest BCUT2D eigenvalue weighted by molar-refractivity contribution is -0.141. The molecular formula is C13H16F3N3O. The van der Waals surface area contributed by atoms with Gasteiger partial charge in [-0.3, -0.25) is 0 Å². The lowest BCUT2D eigenvalue weighted by Crippen LogP contribution is -2.26. The Balaban J connectivity index is 2.94. The normalized spacial score (nSPS) is 11.5. The summed E-state index contributed by atoms with van der Waals surface area (Å²) in [5, 5.41) is 8.95. The van der Waals surface area contributed by atoms with Crippen LogP contribution < -0.4 is 4.90 Å². The first-order valence-corrected chi connectivity index (χ1v) is 6.06. The Bertz CT molecular complexity index is 495. The summed E-state index contributed by atoms with van der Waals surface area (Å²) in [6.45, 7) is 4.42. The summed E-state index contributed by atoms with van der Waals surface area (Å²) < 4.78 is 43.2. The molecule has 1 aromatic rings. The van der Waals surface area contributed by atoms with Crippen LogP contribution in [0.5, 0.6) is 0 Å². The standard InChI is InChI=1S/C13H16F3N3O/c1-9(2)20-7-6-19(3)12-10(8-17)4-5-11(18-12)13(14,15)16/h4-5,9H,6-7H2,1-3H3. The van der Waals surface area contributed by atoms with Crippen LogP contribution in [0, 0.1) is 11.3 Å². The summed E-state index contributed by atoms with van der Waals surface area (Å²) in [6, 6.07) is 3.78. The molecular weight excluding hydrogens is 271 g/mol. The SMILES string of the molecule is CC(C)OCCN(C)c1nc(C(F)(F)F)ccc1C#N. The third kappa shape index (κ3) is 4.38. The number of nitrogens with zero attached hydrogens (tertiary/aromatic N) is 3. The third-order valence-corrected chi connectivity index (χ3v) is 2.53. The van der Waals surface area contributed by atoms with E-state index in [1.54, 1.807) is 7.05 Å². The molecule has 0 unspecified atom stereocenters. The van der Waals surface area contributed by atoms with E-state index in [4.69, 9.17) is 10.00 Å². The molecule has 0 aliphatic rings. The van der Waals surface area contributed by atoms with Gasteiger partial charge >= 0.3 is 6.18 Å². The van der Waals surface area contributed by atoms with Gasteiger partial charge in [0.15, 0.2) is 0 Å². The van der Waals surface area contributed by atoms with Gasteiger partial charge in [-0.2, -0.15) is 18.4 Å². The van der Waals surface area contributed by atoms with Crippen LogP contribution in [0.25, 0.3) is 0 Å². The van der Waals surface area contributed by atoms with Gasteiger partial charge < -0.3 is 9.64 Å². The van der Waals surface area contributed by atoms with Gasteiger partial charge in [0.2, 0.25) is 0 Å². The molecule has 0 amide bonds. The van der Waals surface area contributed by atoms with Crippen LogP contribution in [0.15, 0.2) is 12.1 Å². The highest BCUT2D eigenvalue weighted by Gasteiger charge is 2.33. The zero-order valence-electron chi connectivity index (χ0n) is 11.5. The van der Waals surface area contributed by atoms with Gasteiger partial charge in [-0.05, 0) is 26.0 Å². The van der Waals surface area contributed by atoms with Crippen LogP contribution in [-0.4, -0.2) is 31.3 Å². The van der Waals surface area contributed by atoms with Gasteiger partial charge in [0.05, 0.1) is 18.3 Å². The number of hydrogen-bond acceptors (Lipinski definition) is 4. The molecule has 0 aromatic carbocycles. The Kier molecular flexibility index (Phi) is 5.34. The van der Waals surface area contributed by atoms with E-state index in [9.17, 15) is 13.2 Å². The molecule has 0 fully saturated rings. The summed E-state index contributed by atoms with van der Waals surface area (Å²) in [4.78, 5) is 5.02. The van der Waals surface area contributed by atoms with Gasteiger partial charge in [0, 0.05) is 13.6 Å². The molecule has 110 valence electrons. The molecule has 4 nitrogen and oxygen atoms in total. The topological polar surface area (TPSA) is 49.1 Å². The molecule has 0 saturated carbocycles. The van der Waals surface area contributed by atoms with E-state index in [0.717, 1.165) is 12.1 Å². The highest BCUT2D eigenvalue weighted by molar-refractivity contribution is 5.54. The van der Waals surface area contributed by atoms with E-state index in [-0.39, 0.29) is 17.5 Å². The average Bonchev–Trinajstić information content (AvgIpc) is 2.36. The fourth-order valence-electron chi connectivity index (χ4n) is 1.52. The first kappa shape index (κ1) is 16.2. The Labute approximate surface area is 115 Å². The van der Waals surface area contributed by atoms with Gasteiger partial charge in [0.1, 0.15) is 17.6 Å². The summed E-state index contributed by atoms with van der Waals surface area (Å²) >= 11 is 0. The number of rotatable bonds is 5. The Morgan fingerprint density at radius 3 is 2.55 bits per heavy atom. The number of hydrogen-bond donors (Lipinski definition) is 0. The minimum Gasteiger partial charge on any atom is -0.377 e. The van der Waals surface area contributed by atoms with Crippen LogP contribution >= 0.6 is 0 Å². The van der Waals surface area contributed by atoms with E-state index in [1.807, 2.05) is 19.9 Å². The van der Waals surface area contributed by atoms with Crippen molar-refractivity contribution in [3.05, 3.63) is 23.4 Å². The van der Waals surface area contributed by atoms with Crippen molar-refractivity contribution >= 4 is 5.82 Å². The van der Waals surface area contributed by atoms with E-state index >= 15 is 0 Å². The summed E-state index contributed by atoms with van der Waals surface area (Å²) in [6.07, 6.45) is -4.49. The maximum Gasteiger partial charge on any atom is 0.433 e. The minimum atomic E-state index is -4.53. The van der Waals surface area contributed by atoms with Crippen molar-refractivity contribution in [2.24, 2.45) is 0 Å². The number of anilines is 1. The summed E-state index contributed by atoms with van der Waals surface area (Å²) in [5.74, 6) is 0.00896. The van der Waals surface area contributed by atoms with Gasteiger partial charge in [0.25, 0.3) is 0 Å². The number of nitriles is 1. The largest absolute Gasteiger partial charge is 0.433 e. The number of alkyl halides is 3. The smallest absolute Gasteiger partial charge is 0.377 e. The number of aromatic nitrogens is 1. The van der Waals surface area contributed by atoms with Crippen LogP contribution in [0.2, 0.25) is 0 Å². The highest BCUT2D eigenvalue weighted by Crippen LogP contribution is 2.30. The second-order valence-corrected chi connectivity index (χ2v) is 4.52. The summed E-state index contributed by atoms with van der Waals surface area (Å²) in [5.41, 5.74) is -0.909. The van der Waals surface area contributed by atoms with Crippen LogP contribution in [0.1, 0.15) is 25.1 Å². The first-order chi connectivity index (χ1) is 9.25.